The zero-order chi connectivity index (χ0) is 21.3. The molecule has 1 atom stereocenters. The number of rotatable bonds is 6. The lowest BCUT2D eigenvalue weighted by atomic mass is 9.94. The molecule has 1 fully saturated rings. The number of non-ortho nitro benzene ring substituents is 1. The van der Waals surface area contributed by atoms with E-state index in [0.717, 1.165) is 26.6 Å². The van der Waals surface area contributed by atoms with Crippen LogP contribution in [0.3, 0.4) is 0 Å². The van der Waals surface area contributed by atoms with Gasteiger partial charge >= 0.3 is 0 Å². The van der Waals surface area contributed by atoms with E-state index in [9.17, 15) is 10.1 Å². The summed E-state index contributed by atoms with van der Waals surface area (Å²) in [6.45, 7) is 1.06. The number of nitrogens with one attached hydrogen (secondary N) is 1. The molecule has 1 aliphatic heterocycles. The normalized spacial score (nSPS) is 16.3. The summed E-state index contributed by atoms with van der Waals surface area (Å²) in [6, 6.07) is 24.8. The van der Waals surface area contributed by atoms with Crippen molar-refractivity contribution in [3.05, 3.63) is 122 Å². The van der Waals surface area contributed by atoms with Gasteiger partial charge in [0.05, 0.1) is 28.9 Å². The summed E-state index contributed by atoms with van der Waals surface area (Å²) in [5.74, 6) is -0.983. The Balaban J connectivity index is 1.57. The molecule has 2 aromatic carbocycles. The lowest BCUT2D eigenvalue weighted by Gasteiger charge is -2.26. The molecule has 1 aliphatic rings. The molecular weight excluding hydrogens is 412 g/mol. The standard InChI is InChI=1S/C24H20N2O4S/c27-26(28)19-10-8-17(9-11-19)23(20-7-4-14-25-20)21-12-13-22(31-21)24(29-15-16-30-24)18-5-2-1-3-6-18/h1-14,23,25H,15-16H2. The quantitative estimate of drug-likeness (QED) is 0.326. The van der Waals surface area contributed by atoms with Gasteiger partial charge in [-0.2, -0.15) is 0 Å². The first-order valence-corrected chi connectivity index (χ1v) is 10.8. The topological polar surface area (TPSA) is 77.4 Å². The Hall–Kier alpha value is -3.26. The van der Waals surface area contributed by atoms with Crippen molar-refractivity contribution >= 4 is 17.0 Å². The lowest BCUT2D eigenvalue weighted by Crippen LogP contribution is -2.27. The van der Waals surface area contributed by atoms with Crippen LogP contribution in [0.15, 0.2) is 85.1 Å². The van der Waals surface area contributed by atoms with E-state index in [0.29, 0.717) is 13.2 Å². The number of nitro groups is 1. The predicted molar refractivity (Wildman–Crippen MR) is 118 cm³/mol. The summed E-state index contributed by atoms with van der Waals surface area (Å²) >= 11 is 1.63. The molecule has 31 heavy (non-hydrogen) atoms. The van der Waals surface area contributed by atoms with Gasteiger partial charge in [-0.15, -0.1) is 11.3 Å². The third kappa shape index (κ3) is 3.57. The molecule has 1 unspecified atom stereocenters. The molecule has 1 N–H and O–H groups in total. The number of benzene rings is 2. The maximum Gasteiger partial charge on any atom is 0.269 e. The second-order valence-corrected chi connectivity index (χ2v) is 8.40. The minimum atomic E-state index is -0.903. The third-order valence-electron chi connectivity index (χ3n) is 5.45. The van der Waals surface area contributed by atoms with Crippen LogP contribution in [0.2, 0.25) is 0 Å². The molecule has 0 radical (unpaired) electrons. The largest absolute Gasteiger partial charge is 0.364 e. The van der Waals surface area contributed by atoms with Gasteiger partial charge in [-0.1, -0.05) is 42.5 Å². The number of hydrogen-bond acceptors (Lipinski definition) is 5. The van der Waals surface area contributed by atoms with Crippen molar-refractivity contribution in [3.8, 4) is 0 Å². The maximum atomic E-state index is 11.1. The van der Waals surface area contributed by atoms with Gasteiger partial charge in [0.25, 0.3) is 5.69 Å². The summed E-state index contributed by atoms with van der Waals surface area (Å²) in [4.78, 5) is 16.1. The van der Waals surface area contributed by atoms with Gasteiger partial charge in [-0.3, -0.25) is 10.1 Å². The van der Waals surface area contributed by atoms with Crippen LogP contribution in [0, 0.1) is 10.1 Å². The Morgan fingerprint density at radius 3 is 2.32 bits per heavy atom. The first-order valence-electron chi connectivity index (χ1n) is 9.99. The van der Waals surface area contributed by atoms with Crippen LogP contribution in [0.4, 0.5) is 5.69 Å². The van der Waals surface area contributed by atoms with Crippen molar-refractivity contribution in [1.29, 1.82) is 0 Å². The highest BCUT2D eigenvalue weighted by Gasteiger charge is 2.42. The van der Waals surface area contributed by atoms with Gasteiger partial charge < -0.3 is 14.5 Å². The highest BCUT2D eigenvalue weighted by molar-refractivity contribution is 7.12. The zero-order valence-corrected chi connectivity index (χ0v) is 17.4. The summed E-state index contributed by atoms with van der Waals surface area (Å²) in [5, 5.41) is 11.1. The van der Waals surface area contributed by atoms with Crippen LogP contribution in [0.5, 0.6) is 0 Å². The van der Waals surface area contributed by atoms with Crippen molar-refractivity contribution in [2.24, 2.45) is 0 Å². The number of H-pyrrole nitrogens is 1. The van der Waals surface area contributed by atoms with Gasteiger partial charge in [0.15, 0.2) is 0 Å². The van der Waals surface area contributed by atoms with E-state index in [-0.39, 0.29) is 16.5 Å². The second-order valence-electron chi connectivity index (χ2n) is 7.29. The molecule has 156 valence electrons. The van der Waals surface area contributed by atoms with Crippen molar-refractivity contribution in [1.82, 2.24) is 4.98 Å². The Morgan fingerprint density at radius 1 is 0.935 bits per heavy atom. The fraction of sp³-hybridized carbons (Fsp3) is 0.167. The first-order chi connectivity index (χ1) is 15.2. The highest BCUT2D eigenvalue weighted by atomic mass is 32.1. The Kier molecular flexibility index (Phi) is 5.15. The molecule has 5 rings (SSSR count). The van der Waals surface area contributed by atoms with Gasteiger partial charge in [-0.05, 0) is 29.8 Å². The number of nitrogens with zero attached hydrogens (tertiary/aromatic N) is 1. The molecule has 1 saturated heterocycles. The number of hydrogen-bond donors (Lipinski definition) is 1. The van der Waals surface area contributed by atoms with Crippen molar-refractivity contribution < 1.29 is 14.4 Å². The van der Waals surface area contributed by atoms with Crippen LogP contribution >= 0.6 is 11.3 Å². The average molecular weight is 433 g/mol. The monoisotopic (exact) mass is 432 g/mol. The fourth-order valence-corrected chi connectivity index (χ4v) is 5.29. The van der Waals surface area contributed by atoms with Crippen molar-refractivity contribution in [2.75, 3.05) is 13.2 Å². The summed E-state index contributed by atoms with van der Waals surface area (Å²) in [7, 11) is 0. The number of ether oxygens (including phenoxy) is 2. The average Bonchev–Trinajstić information content (AvgIpc) is 3.57. The number of aromatic amines is 1. The SMILES string of the molecule is O=[N+]([O-])c1ccc(C(c2ccc[nH]2)c2ccc(C3(c4ccccc4)OCCO3)s2)cc1. The molecule has 0 aliphatic carbocycles. The Bertz CT molecular complexity index is 1160. The third-order valence-corrected chi connectivity index (χ3v) is 6.69. The van der Waals surface area contributed by atoms with Gasteiger partial charge in [0.2, 0.25) is 5.79 Å². The predicted octanol–water partition coefficient (Wildman–Crippen LogP) is 5.41. The maximum absolute atomic E-state index is 11.1. The summed E-state index contributed by atoms with van der Waals surface area (Å²) in [6.07, 6.45) is 1.89. The molecule has 3 heterocycles. The Morgan fingerprint density at radius 2 is 1.68 bits per heavy atom. The van der Waals surface area contributed by atoms with E-state index in [1.54, 1.807) is 23.5 Å². The van der Waals surface area contributed by atoms with E-state index in [1.807, 2.05) is 60.8 Å². The van der Waals surface area contributed by atoms with Crippen LogP contribution in [0.25, 0.3) is 0 Å². The van der Waals surface area contributed by atoms with Crippen molar-refractivity contribution in [2.45, 2.75) is 11.7 Å². The summed E-state index contributed by atoms with van der Waals surface area (Å²) in [5.41, 5.74) is 3.04. The molecule has 0 amide bonds. The molecule has 0 bridgehead atoms. The number of thiophene rings is 1. The minimum absolute atomic E-state index is 0.0798. The first kappa shape index (κ1) is 19.7. The van der Waals surface area contributed by atoms with Crippen LogP contribution in [-0.2, 0) is 15.3 Å². The lowest BCUT2D eigenvalue weighted by molar-refractivity contribution is -0.384. The smallest absolute Gasteiger partial charge is 0.269 e. The summed E-state index contributed by atoms with van der Waals surface area (Å²) < 4.78 is 12.3. The van der Waals surface area contributed by atoms with Crippen LogP contribution < -0.4 is 0 Å². The molecular formula is C24H20N2O4S. The number of nitro benzene ring substituents is 1. The van der Waals surface area contributed by atoms with E-state index < -0.39 is 5.79 Å². The number of aromatic nitrogens is 1. The van der Waals surface area contributed by atoms with Gasteiger partial charge in [-0.25, -0.2) is 0 Å². The molecule has 2 aromatic heterocycles. The van der Waals surface area contributed by atoms with Crippen molar-refractivity contribution in [3.63, 3.8) is 0 Å². The fourth-order valence-electron chi connectivity index (χ4n) is 4.02. The second kappa shape index (κ2) is 8.11. The Labute approximate surface area is 183 Å². The van der Waals surface area contributed by atoms with E-state index in [2.05, 4.69) is 17.1 Å². The minimum Gasteiger partial charge on any atom is -0.364 e. The van der Waals surface area contributed by atoms with Crippen LogP contribution in [-0.4, -0.2) is 23.1 Å². The van der Waals surface area contributed by atoms with E-state index in [1.165, 1.54) is 0 Å². The van der Waals surface area contributed by atoms with Crippen LogP contribution in [0.1, 0.15) is 32.5 Å². The molecule has 0 saturated carbocycles. The molecule has 6 nitrogen and oxygen atoms in total. The molecule has 7 heteroatoms. The van der Waals surface area contributed by atoms with Gasteiger partial charge in [0.1, 0.15) is 0 Å². The zero-order valence-electron chi connectivity index (χ0n) is 16.6. The van der Waals surface area contributed by atoms with Gasteiger partial charge in [0, 0.05) is 34.5 Å². The highest BCUT2D eigenvalue weighted by Crippen LogP contribution is 2.44. The molecule has 0 spiro atoms. The van der Waals surface area contributed by atoms with E-state index in [4.69, 9.17) is 9.47 Å². The molecule has 4 aromatic rings. The van der Waals surface area contributed by atoms with E-state index >= 15 is 0 Å².